The Balaban J connectivity index is 1.52. The second-order valence-electron chi connectivity index (χ2n) is 6.97. The number of aromatic nitrogens is 9. The molecule has 0 radical (unpaired) electrons. The van der Waals surface area contributed by atoms with Crippen molar-refractivity contribution in [3.8, 4) is 28.3 Å². The third-order valence-corrected chi connectivity index (χ3v) is 4.99. The molecule has 9 nitrogen and oxygen atoms in total. The van der Waals surface area contributed by atoms with Gasteiger partial charge in [0.25, 0.3) is 0 Å². The summed E-state index contributed by atoms with van der Waals surface area (Å²) in [5.41, 5.74) is 6.59. The van der Waals surface area contributed by atoms with Crippen LogP contribution in [0.15, 0.2) is 61.6 Å². The molecule has 0 spiro atoms. The van der Waals surface area contributed by atoms with Crippen molar-refractivity contribution < 1.29 is 0 Å². The lowest BCUT2D eigenvalue weighted by atomic mass is 10.1. The van der Waals surface area contributed by atoms with Crippen LogP contribution in [0.5, 0.6) is 0 Å². The van der Waals surface area contributed by atoms with Crippen LogP contribution in [0.2, 0.25) is 0 Å². The molecule has 144 valence electrons. The first-order valence-corrected chi connectivity index (χ1v) is 9.37. The molecule has 6 heterocycles. The molecule has 0 aliphatic heterocycles. The molecule has 6 aromatic heterocycles. The highest BCUT2D eigenvalue weighted by atomic mass is 15.2. The molecule has 30 heavy (non-hydrogen) atoms. The summed E-state index contributed by atoms with van der Waals surface area (Å²) in [4.78, 5) is 25.5. The van der Waals surface area contributed by atoms with E-state index < -0.39 is 0 Å². The Bertz CT molecular complexity index is 1510. The quantitative estimate of drug-likeness (QED) is 0.476. The topological polar surface area (TPSA) is 114 Å². The van der Waals surface area contributed by atoms with E-state index in [1.165, 1.54) is 0 Å². The number of pyridine rings is 3. The monoisotopic (exact) mass is 393 g/mol. The van der Waals surface area contributed by atoms with Gasteiger partial charge in [-0.2, -0.15) is 5.10 Å². The maximum absolute atomic E-state index is 4.80. The van der Waals surface area contributed by atoms with Crippen molar-refractivity contribution in [3.05, 3.63) is 67.3 Å². The fourth-order valence-corrected chi connectivity index (χ4v) is 3.55. The van der Waals surface area contributed by atoms with E-state index in [4.69, 9.17) is 4.98 Å². The van der Waals surface area contributed by atoms with Crippen LogP contribution >= 0.6 is 0 Å². The number of nitrogens with zero attached hydrogens (tertiary/aromatic N) is 7. The maximum atomic E-state index is 4.80. The first kappa shape index (κ1) is 16.5. The fourth-order valence-electron chi connectivity index (χ4n) is 3.55. The first-order chi connectivity index (χ1) is 14.8. The van der Waals surface area contributed by atoms with E-state index in [0.29, 0.717) is 22.8 Å². The number of rotatable bonds is 3. The predicted octanol–water partition coefficient (Wildman–Crippen LogP) is 3.45. The van der Waals surface area contributed by atoms with Gasteiger partial charge < -0.3 is 9.55 Å². The van der Waals surface area contributed by atoms with Crippen molar-refractivity contribution in [1.82, 2.24) is 44.7 Å². The Morgan fingerprint density at radius 3 is 2.77 bits per heavy atom. The van der Waals surface area contributed by atoms with E-state index in [0.717, 1.165) is 33.4 Å². The molecule has 0 amide bonds. The van der Waals surface area contributed by atoms with Crippen LogP contribution < -0.4 is 0 Å². The largest absolute Gasteiger partial charge is 0.321 e. The van der Waals surface area contributed by atoms with Crippen molar-refractivity contribution in [2.45, 2.75) is 6.92 Å². The van der Waals surface area contributed by atoms with Crippen LogP contribution in [0.1, 0.15) is 5.69 Å². The summed E-state index contributed by atoms with van der Waals surface area (Å²) in [6.07, 6.45) is 10.8. The molecule has 6 aromatic rings. The van der Waals surface area contributed by atoms with Crippen molar-refractivity contribution in [2.75, 3.05) is 0 Å². The SMILES string of the molecule is Cc1cn(-c2ccnc3[nH]c(-c4n[nH]c5ncc(-c6cccnc6)cc45)nc23)cn1. The zero-order valence-corrected chi connectivity index (χ0v) is 15.9. The lowest BCUT2D eigenvalue weighted by molar-refractivity contribution is 1.06. The molecule has 0 aromatic carbocycles. The van der Waals surface area contributed by atoms with Crippen LogP contribution in [0.4, 0.5) is 0 Å². The molecular formula is C21H15N9. The van der Waals surface area contributed by atoms with E-state index in [9.17, 15) is 0 Å². The maximum Gasteiger partial charge on any atom is 0.161 e. The van der Waals surface area contributed by atoms with Crippen LogP contribution in [-0.4, -0.2) is 44.7 Å². The van der Waals surface area contributed by atoms with Gasteiger partial charge in [-0.3, -0.25) is 10.1 Å². The highest BCUT2D eigenvalue weighted by molar-refractivity contribution is 5.94. The van der Waals surface area contributed by atoms with Gasteiger partial charge >= 0.3 is 0 Å². The Morgan fingerprint density at radius 2 is 1.93 bits per heavy atom. The predicted molar refractivity (Wildman–Crippen MR) is 112 cm³/mol. The van der Waals surface area contributed by atoms with Gasteiger partial charge in [0.1, 0.15) is 11.2 Å². The number of imidazole rings is 2. The molecule has 0 saturated heterocycles. The number of H-pyrrole nitrogens is 2. The Kier molecular flexibility index (Phi) is 3.48. The van der Waals surface area contributed by atoms with E-state index in [2.05, 4.69) is 35.1 Å². The summed E-state index contributed by atoms with van der Waals surface area (Å²) in [7, 11) is 0. The zero-order chi connectivity index (χ0) is 20.1. The number of fused-ring (bicyclic) bond motifs is 2. The van der Waals surface area contributed by atoms with Gasteiger partial charge in [0.05, 0.1) is 23.1 Å². The Morgan fingerprint density at radius 1 is 0.967 bits per heavy atom. The zero-order valence-electron chi connectivity index (χ0n) is 15.9. The van der Waals surface area contributed by atoms with Crippen molar-refractivity contribution >= 4 is 22.2 Å². The van der Waals surface area contributed by atoms with Gasteiger partial charge in [-0.1, -0.05) is 6.07 Å². The van der Waals surface area contributed by atoms with E-state index in [-0.39, 0.29) is 0 Å². The summed E-state index contributed by atoms with van der Waals surface area (Å²) >= 11 is 0. The van der Waals surface area contributed by atoms with Gasteiger partial charge in [0, 0.05) is 42.1 Å². The number of hydrogen-bond acceptors (Lipinski definition) is 6. The van der Waals surface area contributed by atoms with Crippen LogP contribution in [0.25, 0.3) is 50.5 Å². The summed E-state index contributed by atoms with van der Waals surface area (Å²) < 4.78 is 1.94. The molecule has 9 heteroatoms. The minimum absolute atomic E-state index is 0.623. The normalized spacial score (nSPS) is 11.5. The molecule has 0 unspecified atom stereocenters. The molecular weight excluding hydrogens is 378 g/mol. The van der Waals surface area contributed by atoms with Gasteiger partial charge in [-0.25, -0.2) is 19.9 Å². The molecule has 0 bridgehead atoms. The number of aryl methyl sites for hydroxylation is 1. The second-order valence-corrected chi connectivity index (χ2v) is 6.97. The summed E-state index contributed by atoms with van der Waals surface area (Å²) in [6.45, 7) is 1.95. The highest BCUT2D eigenvalue weighted by Crippen LogP contribution is 2.29. The number of nitrogens with one attached hydrogen (secondary N) is 2. The Labute approximate surface area is 169 Å². The summed E-state index contributed by atoms with van der Waals surface area (Å²) in [5, 5.41) is 8.32. The number of aromatic amines is 2. The third kappa shape index (κ3) is 2.56. The van der Waals surface area contributed by atoms with Crippen molar-refractivity contribution in [3.63, 3.8) is 0 Å². The Hall–Kier alpha value is -4.40. The molecule has 6 rings (SSSR count). The van der Waals surface area contributed by atoms with Gasteiger partial charge in [0.15, 0.2) is 17.1 Å². The second kappa shape index (κ2) is 6.31. The minimum Gasteiger partial charge on any atom is -0.321 e. The fraction of sp³-hybridized carbons (Fsp3) is 0.0476. The molecule has 2 N–H and O–H groups in total. The third-order valence-electron chi connectivity index (χ3n) is 4.99. The average molecular weight is 393 g/mol. The first-order valence-electron chi connectivity index (χ1n) is 9.37. The van der Waals surface area contributed by atoms with Crippen LogP contribution in [0.3, 0.4) is 0 Å². The van der Waals surface area contributed by atoms with Gasteiger partial charge in [-0.15, -0.1) is 0 Å². The standard InChI is InChI=1S/C21H15N9/c1-12-10-30(11-25-12)16-4-6-23-20-18(16)26-21(27-20)17-15-7-14(9-24-19(15)29-28-17)13-3-2-5-22-8-13/h2-11H,1H3,(H,23,26,27)(H,24,28,29). The van der Waals surface area contributed by atoms with E-state index in [1.54, 1.807) is 24.9 Å². The minimum atomic E-state index is 0.623. The average Bonchev–Trinajstić information content (AvgIpc) is 3.51. The lowest BCUT2D eigenvalue weighted by Gasteiger charge is -2.01. The van der Waals surface area contributed by atoms with Crippen molar-refractivity contribution in [1.29, 1.82) is 0 Å². The van der Waals surface area contributed by atoms with Gasteiger partial charge in [-0.05, 0) is 25.1 Å². The lowest BCUT2D eigenvalue weighted by Crippen LogP contribution is -1.92. The molecule has 0 atom stereocenters. The molecule has 0 aliphatic carbocycles. The smallest absolute Gasteiger partial charge is 0.161 e. The van der Waals surface area contributed by atoms with Gasteiger partial charge in [0.2, 0.25) is 0 Å². The number of hydrogen-bond donors (Lipinski definition) is 2. The summed E-state index contributed by atoms with van der Waals surface area (Å²) in [5.74, 6) is 0.623. The van der Waals surface area contributed by atoms with Crippen LogP contribution in [-0.2, 0) is 0 Å². The van der Waals surface area contributed by atoms with Crippen LogP contribution in [0, 0.1) is 6.92 Å². The van der Waals surface area contributed by atoms with Crippen molar-refractivity contribution in [2.24, 2.45) is 0 Å². The van der Waals surface area contributed by atoms with E-state index >= 15 is 0 Å². The summed E-state index contributed by atoms with van der Waals surface area (Å²) in [6, 6.07) is 7.86. The van der Waals surface area contributed by atoms with E-state index in [1.807, 2.05) is 48.1 Å². The molecule has 0 saturated carbocycles. The highest BCUT2D eigenvalue weighted by Gasteiger charge is 2.17. The molecule has 0 fully saturated rings. The molecule has 0 aliphatic rings.